The second-order valence-corrected chi connectivity index (χ2v) is 7.49. The molecule has 0 radical (unpaired) electrons. The molecule has 3 aromatic heterocycles. The molecule has 168 valence electrons. The summed E-state index contributed by atoms with van der Waals surface area (Å²) in [6.45, 7) is 1.90. The molecule has 0 saturated heterocycles. The van der Waals surface area contributed by atoms with Crippen molar-refractivity contribution in [1.29, 1.82) is 0 Å². The Balaban J connectivity index is 2.07. The van der Waals surface area contributed by atoms with E-state index in [-0.39, 0.29) is 23.0 Å². The zero-order valence-electron chi connectivity index (χ0n) is 18.4. The van der Waals surface area contributed by atoms with Gasteiger partial charge in [0.1, 0.15) is 12.0 Å². The van der Waals surface area contributed by atoms with Crippen molar-refractivity contribution in [3.05, 3.63) is 82.9 Å². The van der Waals surface area contributed by atoms with E-state index in [2.05, 4.69) is 9.97 Å². The molecule has 0 aliphatic carbocycles. The lowest BCUT2D eigenvalue weighted by atomic mass is 10.0. The number of carbonyl (C=O) groups is 1. The Morgan fingerprint density at radius 3 is 2.58 bits per heavy atom. The monoisotopic (exact) mass is 445 g/mol. The number of aromatic nitrogens is 4. The number of hydrogen-bond donors (Lipinski definition) is 1. The minimum Gasteiger partial charge on any atom is -0.451 e. The van der Waals surface area contributed by atoms with Crippen molar-refractivity contribution in [2.45, 2.75) is 13.0 Å². The molecule has 4 aromatic rings. The Labute approximate surface area is 189 Å². The molecule has 1 atom stereocenters. The summed E-state index contributed by atoms with van der Waals surface area (Å²) >= 11 is 0. The minimum absolute atomic E-state index is 0.0151. The highest BCUT2D eigenvalue weighted by molar-refractivity contribution is 5.81. The standard InChI is InChI=1S/C23H23N7O3/c1-15(18-12-33-13-25-18)29(3)27-22-20(17-9-10-19(32)28(2)11-17)21(16-7-5-4-6-8-16)26-23(24)30(22)14-31/h4-15H,1-3H3,(H2,24,26)/b27-22-. The summed E-state index contributed by atoms with van der Waals surface area (Å²) in [4.78, 5) is 32.8. The molecular formula is C23H23N7O3. The van der Waals surface area contributed by atoms with E-state index in [1.54, 1.807) is 31.4 Å². The average molecular weight is 445 g/mol. The summed E-state index contributed by atoms with van der Waals surface area (Å²) in [5, 5.41) is 6.40. The first-order valence-corrected chi connectivity index (χ1v) is 10.2. The highest BCUT2D eigenvalue weighted by Gasteiger charge is 2.20. The van der Waals surface area contributed by atoms with Gasteiger partial charge in [-0.1, -0.05) is 30.3 Å². The molecule has 0 amide bonds. The Morgan fingerprint density at radius 1 is 1.18 bits per heavy atom. The van der Waals surface area contributed by atoms with Crippen LogP contribution >= 0.6 is 0 Å². The van der Waals surface area contributed by atoms with E-state index in [9.17, 15) is 9.59 Å². The zero-order valence-corrected chi connectivity index (χ0v) is 18.4. The molecule has 1 aromatic carbocycles. The third-order valence-corrected chi connectivity index (χ3v) is 5.38. The summed E-state index contributed by atoms with van der Waals surface area (Å²) < 4.78 is 7.73. The van der Waals surface area contributed by atoms with Crippen LogP contribution in [0.4, 0.5) is 5.95 Å². The van der Waals surface area contributed by atoms with Crippen LogP contribution in [-0.2, 0) is 11.8 Å². The number of nitrogen functional groups attached to an aromatic ring is 1. The lowest BCUT2D eigenvalue weighted by Crippen LogP contribution is -2.32. The van der Waals surface area contributed by atoms with Crippen molar-refractivity contribution < 1.29 is 9.21 Å². The maximum absolute atomic E-state index is 12.1. The first-order valence-electron chi connectivity index (χ1n) is 10.2. The number of oxazole rings is 1. The van der Waals surface area contributed by atoms with Gasteiger partial charge in [0.25, 0.3) is 0 Å². The fraction of sp³-hybridized carbons (Fsp3) is 0.174. The SMILES string of the molecule is CC(c1cocn1)N(C)/N=c1/c(-c2ccc(=O)n(C)c2)c(-c2ccccc2)nc(N)n1C=O. The van der Waals surface area contributed by atoms with Crippen molar-refractivity contribution >= 4 is 12.4 Å². The molecular weight excluding hydrogens is 422 g/mol. The summed E-state index contributed by atoms with van der Waals surface area (Å²) in [7, 11) is 3.42. The number of benzene rings is 1. The van der Waals surface area contributed by atoms with Crippen LogP contribution in [0.5, 0.6) is 0 Å². The first-order chi connectivity index (χ1) is 15.9. The summed E-state index contributed by atoms with van der Waals surface area (Å²) in [5.74, 6) is -0.0151. The van der Waals surface area contributed by atoms with Crippen molar-refractivity contribution in [2.24, 2.45) is 12.1 Å². The Bertz CT molecular complexity index is 1410. The second kappa shape index (κ2) is 8.95. The van der Waals surface area contributed by atoms with E-state index < -0.39 is 0 Å². The zero-order chi connectivity index (χ0) is 23.5. The predicted molar refractivity (Wildman–Crippen MR) is 123 cm³/mol. The lowest BCUT2D eigenvalue weighted by Gasteiger charge is -2.21. The van der Waals surface area contributed by atoms with Crippen molar-refractivity contribution in [3.63, 3.8) is 0 Å². The fourth-order valence-corrected chi connectivity index (χ4v) is 3.43. The van der Waals surface area contributed by atoms with E-state index in [1.807, 2.05) is 37.3 Å². The van der Waals surface area contributed by atoms with Gasteiger partial charge >= 0.3 is 0 Å². The van der Waals surface area contributed by atoms with Gasteiger partial charge in [0.2, 0.25) is 17.9 Å². The second-order valence-electron chi connectivity index (χ2n) is 7.49. The number of carbonyl (C=O) groups excluding carboxylic acids is 1. The van der Waals surface area contributed by atoms with Gasteiger partial charge in [0, 0.05) is 37.5 Å². The van der Waals surface area contributed by atoms with Crippen LogP contribution in [0.3, 0.4) is 0 Å². The van der Waals surface area contributed by atoms with Gasteiger partial charge in [0.15, 0.2) is 11.9 Å². The van der Waals surface area contributed by atoms with Crippen LogP contribution in [0.2, 0.25) is 0 Å². The molecule has 0 aliphatic heterocycles. The molecule has 3 heterocycles. The number of aryl methyl sites for hydroxylation is 1. The average Bonchev–Trinajstić information content (AvgIpc) is 3.36. The van der Waals surface area contributed by atoms with Gasteiger partial charge < -0.3 is 14.7 Å². The van der Waals surface area contributed by atoms with Crippen LogP contribution in [0.15, 0.2) is 75.6 Å². The predicted octanol–water partition coefficient (Wildman–Crippen LogP) is 2.03. The summed E-state index contributed by atoms with van der Waals surface area (Å²) in [6.07, 6.45) is 5.13. The van der Waals surface area contributed by atoms with Gasteiger partial charge in [-0.3, -0.25) is 14.6 Å². The van der Waals surface area contributed by atoms with Crippen LogP contribution < -0.4 is 16.8 Å². The van der Waals surface area contributed by atoms with Crippen molar-refractivity contribution in [3.8, 4) is 22.4 Å². The normalized spacial score (nSPS) is 12.5. The van der Waals surface area contributed by atoms with Gasteiger partial charge in [-0.2, -0.15) is 5.10 Å². The number of rotatable bonds is 6. The molecule has 2 N–H and O–H groups in total. The molecule has 33 heavy (non-hydrogen) atoms. The highest BCUT2D eigenvalue weighted by atomic mass is 16.3. The van der Waals surface area contributed by atoms with Crippen LogP contribution in [-0.4, -0.2) is 37.6 Å². The van der Waals surface area contributed by atoms with E-state index >= 15 is 0 Å². The highest BCUT2D eigenvalue weighted by Crippen LogP contribution is 2.28. The number of hydrogen-bond acceptors (Lipinski definition) is 8. The molecule has 1 unspecified atom stereocenters. The maximum Gasteiger partial charge on any atom is 0.250 e. The van der Waals surface area contributed by atoms with Gasteiger partial charge in [-0.05, 0) is 13.0 Å². The maximum atomic E-state index is 12.1. The van der Waals surface area contributed by atoms with Crippen molar-refractivity contribution in [2.75, 3.05) is 12.8 Å². The quantitative estimate of drug-likeness (QED) is 0.356. The minimum atomic E-state index is -0.258. The summed E-state index contributed by atoms with van der Waals surface area (Å²) in [6, 6.07) is 12.3. The van der Waals surface area contributed by atoms with Gasteiger partial charge in [-0.25, -0.2) is 14.5 Å². The van der Waals surface area contributed by atoms with Crippen LogP contribution in [0, 0.1) is 0 Å². The smallest absolute Gasteiger partial charge is 0.250 e. The molecule has 10 nitrogen and oxygen atoms in total. The number of nitrogens with zero attached hydrogens (tertiary/aromatic N) is 6. The third kappa shape index (κ3) is 4.18. The molecule has 0 aliphatic rings. The molecule has 0 saturated carbocycles. The first kappa shape index (κ1) is 21.8. The van der Waals surface area contributed by atoms with E-state index in [1.165, 1.54) is 27.9 Å². The molecule has 0 bridgehead atoms. The summed E-state index contributed by atoms with van der Waals surface area (Å²) in [5.41, 5.74) is 9.48. The molecule has 10 heteroatoms. The van der Waals surface area contributed by atoms with E-state index in [0.717, 1.165) is 5.56 Å². The number of anilines is 1. The Kier molecular flexibility index (Phi) is 5.90. The van der Waals surface area contributed by atoms with Crippen LogP contribution in [0.1, 0.15) is 18.7 Å². The number of pyridine rings is 1. The lowest BCUT2D eigenvalue weighted by molar-refractivity contribution is 0.258. The fourth-order valence-electron chi connectivity index (χ4n) is 3.43. The molecule has 4 rings (SSSR count). The largest absolute Gasteiger partial charge is 0.451 e. The van der Waals surface area contributed by atoms with Gasteiger partial charge in [0.05, 0.1) is 17.3 Å². The number of nitrogens with two attached hydrogens (primary N) is 1. The Morgan fingerprint density at radius 2 is 1.94 bits per heavy atom. The van der Waals surface area contributed by atoms with Gasteiger partial charge in [-0.15, -0.1) is 0 Å². The molecule has 0 spiro atoms. The molecule has 0 fully saturated rings. The van der Waals surface area contributed by atoms with Crippen LogP contribution in [0.25, 0.3) is 22.4 Å². The van der Waals surface area contributed by atoms with Crippen molar-refractivity contribution in [1.82, 2.24) is 24.1 Å². The Hall–Kier alpha value is -4.47. The topological polar surface area (TPSA) is 125 Å². The van der Waals surface area contributed by atoms with E-state index in [4.69, 9.17) is 15.3 Å². The third-order valence-electron chi connectivity index (χ3n) is 5.38. The van der Waals surface area contributed by atoms with E-state index in [0.29, 0.717) is 28.9 Å².